The smallest absolute Gasteiger partial charge is 0.317 e. The number of ether oxygens (including phenoxy) is 1. The molecule has 1 unspecified atom stereocenters. The summed E-state index contributed by atoms with van der Waals surface area (Å²) in [7, 11) is 0. The van der Waals surface area contributed by atoms with Crippen LogP contribution in [-0.2, 0) is 14.3 Å². The van der Waals surface area contributed by atoms with Crippen molar-refractivity contribution in [3.05, 3.63) is 0 Å². The number of hydrogen-bond acceptors (Lipinski definition) is 4. The Morgan fingerprint density at radius 1 is 1.42 bits per heavy atom. The second-order valence-electron chi connectivity index (χ2n) is 4.37. The number of carbonyl (C=O) groups is 3. The number of esters is 1. The molecule has 1 aliphatic heterocycles. The van der Waals surface area contributed by atoms with Crippen molar-refractivity contribution in [2.45, 2.75) is 38.6 Å². The maximum Gasteiger partial charge on any atom is 0.317 e. The summed E-state index contributed by atoms with van der Waals surface area (Å²) in [6.45, 7) is 2.80. The van der Waals surface area contributed by atoms with Gasteiger partial charge in [-0.1, -0.05) is 0 Å². The first-order valence-electron chi connectivity index (χ1n) is 6.46. The first-order chi connectivity index (χ1) is 9.04. The molecule has 108 valence electrons. The van der Waals surface area contributed by atoms with Gasteiger partial charge in [-0.25, -0.2) is 4.79 Å². The van der Waals surface area contributed by atoms with E-state index < -0.39 is 5.97 Å². The van der Waals surface area contributed by atoms with Crippen LogP contribution < -0.4 is 5.32 Å². The summed E-state index contributed by atoms with van der Waals surface area (Å²) in [4.78, 5) is 35.1. The van der Waals surface area contributed by atoms with E-state index in [9.17, 15) is 14.4 Å². The quantitative estimate of drug-likeness (QED) is 0.690. The maximum atomic E-state index is 11.8. The normalized spacial score (nSPS) is 18.2. The molecule has 1 fully saturated rings. The third kappa shape index (κ3) is 5.15. The van der Waals surface area contributed by atoms with E-state index >= 15 is 0 Å². The second-order valence-corrected chi connectivity index (χ2v) is 4.37. The molecule has 2 N–H and O–H groups in total. The minimum atomic E-state index is -0.906. The van der Waals surface area contributed by atoms with E-state index in [1.54, 1.807) is 6.92 Å². The Morgan fingerprint density at radius 2 is 2.16 bits per heavy atom. The lowest BCUT2D eigenvalue weighted by molar-refractivity contribution is -0.143. The third-order valence-electron chi connectivity index (χ3n) is 2.96. The predicted octanol–water partition coefficient (Wildman–Crippen LogP) is 0.588. The molecule has 0 aromatic rings. The third-order valence-corrected chi connectivity index (χ3v) is 2.96. The highest BCUT2D eigenvalue weighted by Crippen LogP contribution is 2.19. The van der Waals surface area contributed by atoms with E-state index in [0.29, 0.717) is 19.6 Å². The largest absolute Gasteiger partial charge is 0.481 e. The van der Waals surface area contributed by atoms with Crippen LogP contribution >= 0.6 is 0 Å². The minimum Gasteiger partial charge on any atom is -0.481 e. The number of carboxylic acid groups (broad SMARTS) is 1. The molecule has 7 heteroatoms. The molecule has 1 saturated heterocycles. The summed E-state index contributed by atoms with van der Waals surface area (Å²) < 4.78 is 4.74. The van der Waals surface area contributed by atoms with E-state index in [0.717, 1.165) is 6.42 Å². The Morgan fingerprint density at radius 3 is 2.79 bits per heavy atom. The van der Waals surface area contributed by atoms with Gasteiger partial charge in [-0.3, -0.25) is 9.59 Å². The molecule has 0 spiro atoms. The molecule has 19 heavy (non-hydrogen) atoms. The summed E-state index contributed by atoms with van der Waals surface area (Å²) in [5.74, 6) is -1.26. The molecule has 1 aliphatic rings. The van der Waals surface area contributed by atoms with Gasteiger partial charge in [-0.15, -0.1) is 0 Å². The number of carbonyl (C=O) groups excluding carboxylic acids is 2. The van der Waals surface area contributed by atoms with Crippen molar-refractivity contribution in [1.29, 1.82) is 0 Å². The van der Waals surface area contributed by atoms with Crippen LogP contribution in [0.3, 0.4) is 0 Å². The highest BCUT2D eigenvalue weighted by molar-refractivity contribution is 5.77. The van der Waals surface area contributed by atoms with Crippen LogP contribution in [0.2, 0.25) is 0 Å². The Hall–Kier alpha value is -1.79. The molecule has 2 amide bonds. The van der Waals surface area contributed by atoms with E-state index in [-0.39, 0.29) is 37.4 Å². The van der Waals surface area contributed by atoms with Crippen LogP contribution in [0.5, 0.6) is 0 Å². The first-order valence-corrected chi connectivity index (χ1v) is 6.46. The van der Waals surface area contributed by atoms with Crippen LogP contribution in [0.25, 0.3) is 0 Å². The average Bonchev–Trinajstić information content (AvgIpc) is 2.76. The number of hydrogen-bond donors (Lipinski definition) is 2. The van der Waals surface area contributed by atoms with Gasteiger partial charge in [0, 0.05) is 19.1 Å². The summed E-state index contributed by atoms with van der Waals surface area (Å²) in [5.41, 5.74) is 0. The van der Waals surface area contributed by atoms with Crippen LogP contribution in [0.15, 0.2) is 0 Å². The fourth-order valence-corrected chi connectivity index (χ4v) is 2.12. The van der Waals surface area contributed by atoms with Crippen molar-refractivity contribution in [3.8, 4) is 0 Å². The minimum absolute atomic E-state index is 0.0364. The van der Waals surface area contributed by atoms with Crippen LogP contribution in [0.4, 0.5) is 4.79 Å². The molecule has 0 saturated carbocycles. The highest BCUT2D eigenvalue weighted by atomic mass is 16.5. The number of nitrogens with zero attached hydrogens (tertiary/aromatic N) is 1. The summed E-state index contributed by atoms with van der Waals surface area (Å²) >= 11 is 0. The zero-order valence-corrected chi connectivity index (χ0v) is 11.1. The van der Waals surface area contributed by atoms with Crippen molar-refractivity contribution >= 4 is 18.0 Å². The Kier molecular flexibility index (Phi) is 6.11. The predicted molar refractivity (Wildman–Crippen MR) is 66.6 cm³/mol. The van der Waals surface area contributed by atoms with Gasteiger partial charge < -0.3 is 20.1 Å². The van der Waals surface area contributed by atoms with Gasteiger partial charge in [-0.05, 0) is 19.8 Å². The lowest BCUT2D eigenvalue weighted by Crippen LogP contribution is -2.44. The van der Waals surface area contributed by atoms with Gasteiger partial charge in [0.1, 0.15) is 0 Å². The van der Waals surface area contributed by atoms with Gasteiger partial charge in [0.2, 0.25) is 0 Å². The summed E-state index contributed by atoms with van der Waals surface area (Å²) in [6, 6.07) is -0.562. The molecular weight excluding hydrogens is 252 g/mol. The lowest BCUT2D eigenvalue weighted by Gasteiger charge is -2.23. The molecule has 0 aromatic heterocycles. The van der Waals surface area contributed by atoms with Crippen molar-refractivity contribution < 1.29 is 24.2 Å². The van der Waals surface area contributed by atoms with E-state index in [4.69, 9.17) is 9.84 Å². The van der Waals surface area contributed by atoms with Crippen molar-refractivity contribution in [2.24, 2.45) is 0 Å². The molecule has 0 radical (unpaired) electrons. The van der Waals surface area contributed by atoms with Crippen molar-refractivity contribution in [1.82, 2.24) is 10.2 Å². The fraction of sp³-hybridized carbons (Fsp3) is 0.750. The second kappa shape index (κ2) is 7.60. The van der Waals surface area contributed by atoms with E-state index in [1.807, 2.05) is 0 Å². The molecular formula is C12H20N2O5. The number of nitrogens with one attached hydrogen (secondary N) is 1. The van der Waals surface area contributed by atoms with Crippen LogP contribution in [-0.4, -0.2) is 53.7 Å². The van der Waals surface area contributed by atoms with Gasteiger partial charge in [-0.2, -0.15) is 0 Å². The lowest BCUT2D eigenvalue weighted by atomic mass is 10.1. The molecule has 1 rings (SSSR count). The van der Waals surface area contributed by atoms with Gasteiger partial charge in [0.25, 0.3) is 0 Å². The molecule has 0 aromatic carbocycles. The maximum absolute atomic E-state index is 11.8. The topological polar surface area (TPSA) is 95.9 Å². The van der Waals surface area contributed by atoms with Gasteiger partial charge in [0.05, 0.1) is 19.4 Å². The Bertz CT molecular complexity index is 345. The number of aliphatic carboxylic acids is 1. The van der Waals surface area contributed by atoms with Gasteiger partial charge >= 0.3 is 18.0 Å². The van der Waals surface area contributed by atoms with Crippen LogP contribution in [0.1, 0.15) is 32.6 Å². The van der Waals surface area contributed by atoms with Crippen LogP contribution in [0, 0.1) is 0 Å². The van der Waals surface area contributed by atoms with Crippen molar-refractivity contribution in [2.75, 3.05) is 19.7 Å². The monoisotopic (exact) mass is 272 g/mol. The summed E-state index contributed by atoms with van der Waals surface area (Å²) in [5, 5.41) is 11.4. The number of amides is 2. The Balaban J connectivity index is 2.32. The number of likely N-dealkylation sites (tertiary alicyclic amines) is 1. The fourth-order valence-electron chi connectivity index (χ4n) is 2.12. The number of urea groups is 1. The number of rotatable bonds is 6. The Labute approximate surface area is 111 Å². The highest BCUT2D eigenvalue weighted by Gasteiger charge is 2.30. The molecule has 1 heterocycles. The summed E-state index contributed by atoms with van der Waals surface area (Å²) in [6.07, 6.45) is 1.60. The van der Waals surface area contributed by atoms with Crippen molar-refractivity contribution in [3.63, 3.8) is 0 Å². The zero-order valence-electron chi connectivity index (χ0n) is 11.1. The molecule has 7 nitrogen and oxygen atoms in total. The molecule has 0 bridgehead atoms. The average molecular weight is 272 g/mol. The zero-order chi connectivity index (χ0) is 14.3. The SMILES string of the molecule is CCOC(=O)CCNC(=O)N1CCCC1CC(=O)O. The van der Waals surface area contributed by atoms with E-state index in [1.165, 1.54) is 4.90 Å². The molecule has 1 atom stereocenters. The van der Waals surface area contributed by atoms with Gasteiger partial charge in [0.15, 0.2) is 0 Å². The van der Waals surface area contributed by atoms with E-state index in [2.05, 4.69) is 5.32 Å². The standard InChI is InChI=1S/C12H20N2O5/c1-2-19-11(17)5-6-13-12(18)14-7-3-4-9(14)8-10(15)16/h9H,2-8H2,1H3,(H,13,18)(H,15,16). The molecule has 0 aliphatic carbocycles. The first kappa shape index (κ1) is 15.3. The number of carboxylic acids is 1.